The summed E-state index contributed by atoms with van der Waals surface area (Å²) < 4.78 is 1.22. The minimum atomic E-state index is 0. The summed E-state index contributed by atoms with van der Waals surface area (Å²) in [6, 6.07) is 9.36. The Morgan fingerprint density at radius 2 is 2.15 bits per heavy atom. The normalized spacial score (nSPS) is 37.7. The zero-order valence-electron chi connectivity index (χ0n) is 15.6. The second-order valence-corrected chi connectivity index (χ2v) is 8.33. The van der Waals surface area contributed by atoms with Gasteiger partial charge in [-0.05, 0) is 30.5 Å². The Bertz CT molecular complexity index is 829. The third-order valence-corrected chi connectivity index (χ3v) is 7.53. The number of fused-ring (bicyclic) bond motifs is 2. The molecule has 2 fully saturated rings. The molecule has 3 heterocycles. The number of quaternary nitrogens is 1. The summed E-state index contributed by atoms with van der Waals surface area (Å²) in [6.45, 7) is 8.08. The van der Waals surface area contributed by atoms with Gasteiger partial charge in [0.15, 0.2) is 0 Å². The molecule has 138 valence electrons. The lowest BCUT2D eigenvalue weighted by Crippen LogP contribution is -3.00. The zero-order chi connectivity index (χ0) is 17.2. The largest absolute Gasteiger partial charge is 1.00 e. The highest BCUT2D eigenvalue weighted by atomic mass is 35.5. The van der Waals surface area contributed by atoms with Gasteiger partial charge in [0, 0.05) is 35.7 Å². The van der Waals surface area contributed by atoms with Crippen molar-refractivity contribution in [1.82, 2.24) is 0 Å². The Morgan fingerprint density at radius 1 is 1.35 bits per heavy atom. The lowest BCUT2D eigenvalue weighted by molar-refractivity contribution is -0.941. The number of piperidine rings is 1. The maximum atomic E-state index is 12.2. The Hall–Kier alpha value is -1.58. The number of halogens is 1. The second-order valence-electron chi connectivity index (χ2n) is 8.33. The van der Waals surface area contributed by atoms with Crippen LogP contribution in [0.15, 0.2) is 47.2 Å². The molecule has 4 aliphatic rings. The number of hydrogen-bond acceptors (Lipinski definition) is 2. The monoisotopic (exact) mass is 370 g/mol. The fourth-order valence-corrected chi connectivity index (χ4v) is 6.68. The zero-order valence-corrected chi connectivity index (χ0v) is 16.4. The van der Waals surface area contributed by atoms with Crippen LogP contribution < -0.4 is 17.7 Å². The van der Waals surface area contributed by atoms with Crippen LogP contribution in [0.3, 0.4) is 0 Å². The van der Waals surface area contributed by atoms with E-state index in [0.717, 1.165) is 31.2 Å². The number of para-hydroxylation sites is 1. The molecule has 26 heavy (non-hydrogen) atoms. The van der Waals surface area contributed by atoms with Gasteiger partial charge in [-0.3, -0.25) is 4.79 Å². The van der Waals surface area contributed by atoms with E-state index in [9.17, 15) is 4.79 Å². The molecule has 0 saturated carbocycles. The average Bonchev–Trinajstić information content (AvgIpc) is 3.16. The number of allylic oxidation sites excluding steroid dienone is 2. The van der Waals surface area contributed by atoms with Gasteiger partial charge in [-0.1, -0.05) is 31.2 Å². The van der Waals surface area contributed by atoms with E-state index in [1.807, 2.05) is 0 Å². The summed E-state index contributed by atoms with van der Waals surface area (Å²) in [5.41, 5.74) is 6.44. The van der Waals surface area contributed by atoms with E-state index >= 15 is 0 Å². The molecule has 0 amide bonds. The Morgan fingerprint density at radius 3 is 2.88 bits per heavy atom. The van der Waals surface area contributed by atoms with Crippen LogP contribution in [0, 0.1) is 5.92 Å². The van der Waals surface area contributed by atoms with E-state index in [1.54, 1.807) is 0 Å². The molecule has 1 aliphatic carbocycles. The van der Waals surface area contributed by atoms with Crippen LogP contribution in [0.25, 0.3) is 0 Å². The van der Waals surface area contributed by atoms with Crippen molar-refractivity contribution in [2.24, 2.45) is 5.92 Å². The molecule has 2 saturated heterocycles. The number of carbonyl (C=O) groups is 1. The molecule has 1 aromatic carbocycles. The van der Waals surface area contributed by atoms with Crippen molar-refractivity contribution in [3.8, 4) is 0 Å². The maximum Gasteiger partial charge on any atom is 0.148 e. The first-order valence-corrected chi connectivity index (χ1v) is 9.77. The van der Waals surface area contributed by atoms with Crippen LogP contribution in [-0.4, -0.2) is 36.4 Å². The van der Waals surface area contributed by atoms with Gasteiger partial charge in [0.2, 0.25) is 0 Å². The molecule has 3 nitrogen and oxygen atoms in total. The van der Waals surface area contributed by atoms with Crippen molar-refractivity contribution in [3.05, 3.63) is 52.7 Å². The van der Waals surface area contributed by atoms with Crippen molar-refractivity contribution < 1.29 is 21.7 Å². The van der Waals surface area contributed by atoms with Gasteiger partial charge in [0.25, 0.3) is 0 Å². The summed E-state index contributed by atoms with van der Waals surface area (Å²) in [6.07, 6.45) is 6.96. The van der Waals surface area contributed by atoms with E-state index in [1.165, 1.54) is 46.5 Å². The second kappa shape index (κ2) is 5.97. The van der Waals surface area contributed by atoms with Crippen LogP contribution in [0.4, 0.5) is 5.69 Å². The summed E-state index contributed by atoms with van der Waals surface area (Å²) >= 11 is 0. The van der Waals surface area contributed by atoms with Crippen LogP contribution in [0.5, 0.6) is 0 Å². The topological polar surface area (TPSA) is 29.1 Å². The van der Waals surface area contributed by atoms with E-state index < -0.39 is 0 Å². The first kappa shape index (κ1) is 17.8. The molecule has 4 atom stereocenters. The van der Waals surface area contributed by atoms with Gasteiger partial charge in [-0.15, -0.1) is 0 Å². The van der Waals surface area contributed by atoms with Crippen LogP contribution in [0.2, 0.25) is 0 Å². The Labute approximate surface area is 162 Å². The number of aldehydes is 1. The molecule has 5 rings (SSSR count). The number of rotatable bonds is 3. The minimum Gasteiger partial charge on any atom is -1.00 e. The van der Waals surface area contributed by atoms with Crippen LogP contribution in [0.1, 0.15) is 38.7 Å². The third kappa shape index (κ3) is 1.91. The maximum absolute atomic E-state index is 12.2. The highest BCUT2D eigenvalue weighted by molar-refractivity contribution is 5.84. The molecule has 3 aliphatic heterocycles. The first-order chi connectivity index (χ1) is 12.2. The molecule has 0 radical (unpaired) electrons. The SMILES string of the molecule is CC=C1C[N+]2(CCC)CCC34C(=C(C=O)[C@H]1C[C@@H]32)Nc1ccccc14.[Cl-]. The van der Waals surface area contributed by atoms with E-state index in [2.05, 4.69) is 49.5 Å². The summed E-state index contributed by atoms with van der Waals surface area (Å²) in [5.74, 6) is 0.318. The van der Waals surface area contributed by atoms with Crippen LogP contribution in [-0.2, 0) is 10.2 Å². The number of nitrogens with zero attached hydrogens (tertiary/aromatic N) is 1. The smallest absolute Gasteiger partial charge is 0.148 e. The number of carbonyl (C=O) groups excluding carboxylic acids is 1. The number of anilines is 1. The Balaban J connectivity index is 0.00000168. The fourth-order valence-electron chi connectivity index (χ4n) is 6.68. The number of hydrogen-bond donors (Lipinski definition) is 1. The van der Waals surface area contributed by atoms with Crippen molar-refractivity contribution in [1.29, 1.82) is 0 Å². The van der Waals surface area contributed by atoms with Gasteiger partial charge in [-0.2, -0.15) is 0 Å². The van der Waals surface area contributed by atoms with E-state index in [4.69, 9.17) is 0 Å². The predicted octanol–water partition coefficient (Wildman–Crippen LogP) is 0.786. The molecular formula is C22H27ClN2O. The van der Waals surface area contributed by atoms with Crippen molar-refractivity contribution >= 4 is 12.0 Å². The predicted molar refractivity (Wildman–Crippen MR) is 100 cm³/mol. The minimum absolute atomic E-state index is 0. The van der Waals surface area contributed by atoms with E-state index in [-0.39, 0.29) is 17.8 Å². The highest BCUT2D eigenvalue weighted by Crippen LogP contribution is 2.63. The van der Waals surface area contributed by atoms with Crippen LogP contribution >= 0.6 is 0 Å². The van der Waals surface area contributed by atoms with Gasteiger partial charge in [-0.25, -0.2) is 0 Å². The van der Waals surface area contributed by atoms with E-state index in [0.29, 0.717) is 12.0 Å². The van der Waals surface area contributed by atoms with Gasteiger partial charge in [0.05, 0.1) is 18.5 Å². The average molecular weight is 371 g/mol. The first-order valence-electron chi connectivity index (χ1n) is 9.77. The molecule has 2 unspecified atom stereocenters. The lowest BCUT2D eigenvalue weighted by atomic mass is 9.61. The quantitative estimate of drug-likeness (QED) is 0.484. The third-order valence-electron chi connectivity index (χ3n) is 7.53. The number of benzene rings is 1. The molecular weight excluding hydrogens is 344 g/mol. The van der Waals surface area contributed by atoms with Crippen molar-refractivity contribution in [2.75, 3.05) is 25.0 Å². The Kier molecular flexibility index (Phi) is 4.09. The molecule has 1 N–H and O–H groups in total. The lowest BCUT2D eigenvalue weighted by Gasteiger charge is -2.53. The molecule has 2 bridgehead atoms. The standard InChI is InChI=1S/C22H26N2O.ClH/c1-3-10-24-11-9-22-18-7-5-6-8-19(18)23-21(22)17(14-25)16(12-20(22)24)15(4-2)13-24;/h4-8,14,16,20H,3,9-13H2,1-2H3;1H/t16-,20-,22?,24?;/m0./s1. The van der Waals surface area contributed by atoms with Gasteiger partial charge < -0.3 is 22.2 Å². The molecule has 1 spiro atoms. The highest BCUT2D eigenvalue weighted by Gasteiger charge is 2.68. The van der Waals surface area contributed by atoms with Crippen molar-refractivity contribution in [2.45, 2.75) is 44.6 Å². The van der Waals surface area contributed by atoms with Gasteiger partial charge in [0.1, 0.15) is 18.9 Å². The summed E-state index contributed by atoms with van der Waals surface area (Å²) in [5, 5.41) is 3.70. The molecule has 4 heteroatoms. The van der Waals surface area contributed by atoms with Gasteiger partial charge >= 0.3 is 0 Å². The van der Waals surface area contributed by atoms with Crippen molar-refractivity contribution in [3.63, 3.8) is 0 Å². The molecule has 0 aromatic heterocycles. The fraction of sp³-hybridized carbons (Fsp3) is 0.500. The summed E-state index contributed by atoms with van der Waals surface area (Å²) in [4.78, 5) is 12.2. The molecule has 1 aromatic rings. The summed E-state index contributed by atoms with van der Waals surface area (Å²) in [7, 11) is 0. The number of nitrogens with one attached hydrogen (secondary N) is 1.